The van der Waals surface area contributed by atoms with Crippen LogP contribution in [0.25, 0.3) is 0 Å². The highest BCUT2D eigenvalue weighted by Crippen LogP contribution is 2.35. The number of benzene rings is 2. The van der Waals surface area contributed by atoms with Crippen molar-refractivity contribution in [1.29, 1.82) is 0 Å². The molecular weight excluding hydrogens is 427 g/mol. The van der Waals surface area contributed by atoms with Gasteiger partial charge in [0.1, 0.15) is 0 Å². The van der Waals surface area contributed by atoms with E-state index in [2.05, 4.69) is 31.9 Å². The van der Waals surface area contributed by atoms with Crippen molar-refractivity contribution in [2.24, 2.45) is 0 Å². The molecule has 2 aromatic carbocycles. The van der Waals surface area contributed by atoms with Gasteiger partial charge in [-0.1, -0.05) is 35.3 Å². The van der Waals surface area contributed by atoms with Gasteiger partial charge in [0, 0.05) is 20.1 Å². The summed E-state index contributed by atoms with van der Waals surface area (Å²) in [5.41, 5.74) is 2.86. The van der Waals surface area contributed by atoms with Gasteiger partial charge in [-0.05, 0) is 69.0 Å². The van der Waals surface area contributed by atoms with Crippen molar-refractivity contribution in [3.8, 4) is 0 Å². The van der Waals surface area contributed by atoms with Crippen molar-refractivity contribution in [2.75, 3.05) is 0 Å². The first-order chi connectivity index (χ1) is 9.34. The lowest BCUT2D eigenvalue weighted by molar-refractivity contribution is 0.103. The highest BCUT2D eigenvalue weighted by Gasteiger charge is 2.19. The number of carbonyl (C=O) groups is 1. The summed E-state index contributed by atoms with van der Waals surface area (Å²) in [6, 6.07) is 7.16. The predicted molar refractivity (Wildman–Crippen MR) is 91.2 cm³/mol. The van der Waals surface area contributed by atoms with Gasteiger partial charge in [-0.25, -0.2) is 0 Å². The molecule has 20 heavy (non-hydrogen) atoms. The molecule has 2 rings (SSSR count). The fourth-order valence-corrected chi connectivity index (χ4v) is 3.37. The highest BCUT2D eigenvalue weighted by molar-refractivity contribution is 9.11. The number of hydrogen-bond acceptors (Lipinski definition) is 1. The Bertz CT molecular complexity index is 652. The van der Waals surface area contributed by atoms with Gasteiger partial charge in [0.25, 0.3) is 0 Å². The average Bonchev–Trinajstić information content (AvgIpc) is 2.42. The van der Waals surface area contributed by atoms with E-state index in [9.17, 15) is 4.79 Å². The smallest absolute Gasteiger partial charge is 0.195 e. The molecule has 0 atom stereocenters. The van der Waals surface area contributed by atoms with Crippen LogP contribution in [-0.4, -0.2) is 5.78 Å². The molecule has 5 heteroatoms. The van der Waals surface area contributed by atoms with E-state index in [1.807, 2.05) is 26.0 Å². The zero-order valence-electron chi connectivity index (χ0n) is 10.7. The third-order valence-electron chi connectivity index (χ3n) is 3.04. The lowest BCUT2D eigenvalue weighted by atomic mass is 10.0. The molecule has 0 saturated carbocycles. The molecule has 2 aromatic rings. The lowest BCUT2D eigenvalue weighted by Crippen LogP contribution is -2.05. The van der Waals surface area contributed by atoms with E-state index in [1.165, 1.54) is 0 Å². The maximum absolute atomic E-state index is 12.6. The Kier molecular flexibility index (Phi) is 4.96. The summed E-state index contributed by atoms with van der Waals surface area (Å²) in [6.07, 6.45) is 0. The fourth-order valence-electron chi connectivity index (χ4n) is 1.79. The Balaban J connectivity index is 2.58. The standard InChI is InChI=1S/C15H10Br2Cl2O/c1-7-3-5-9(11(16)13(7)18)15(20)10-6-4-8(2)14(19)12(10)17/h3-6H,1-2H3. The molecule has 0 aliphatic rings. The summed E-state index contributed by atoms with van der Waals surface area (Å²) in [5.74, 6) is -0.132. The van der Waals surface area contributed by atoms with Crippen LogP contribution in [0.15, 0.2) is 33.2 Å². The molecule has 0 aliphatic carbocycles. The Morgan fingerprint density at radius 2 is 1.20 bits per heavy atom. The van der Waals surface area contributed by atoms with Crippen molar-refractivity contribution in [3.63, 3.8) is 0 Å². The van der Waals surface area contributed by atoms with Crippen LogP contribution < -0.4 is 0 Å². The molecular formula is C15H10Br2Cl2O. The van der Waals surface area contributed by atoms with E-state index in [-0.39, 0.29) is 5.78 Å². The van der Waals surface area contributed by atoms with Gasteiger partial charge in [-0.3, -0.25) is 4.79 Å². The Labute approximate surface area is 144 Å². The fraction of sp³-hybridized carbons (Fsp3) is 0.133. The van der Waals surface area contributed by atoms with E-state index in [1.54, 1.807) is 12.1 Å². The second kappa shape index (κ2) is 6.18. The Morgan fingerprint density at radius 1 is 0.850 bits per heavy atom. The first-order valence-electron chi connectivity index (χ1n) is 5.78. The SMILES string of the molecule is Cc1ccc(C(=O)c2ccc(C)c(Cl)c2Br)c(Br)c1Cl. The first-order valence-corrected chi connectivity index (χ1v) is 8.12. The molecule has 0 amide bonds. The van der Waals surface area contributed by atoms with Crippen LogP contribution in [0.5, 0.6) is 0 Å². The second-order valence-corrected chi connectivity index (χ2v) is 6.79. The number of hydrogen-bond donors (Lipinski definition) is 0. The first kappa shape index (κ1) is 16.0. The maximum atomic E-state index is 12.6. The minimum Gasteiger partial charge on any atom is -0.289 e. The zero-order valence-corrected chi connectivity index (χ0v) is 15.4. The van der Waals surface area contributed by atoms with Gasteiger partial charge in [0.15, 0.2) is 5.78 Å². The van der Waals surface area contributed by atoms with Crippen molar-refractivity contribution < 1.29 is 4.79 Å². The van der Waals surface area contributed by atoms with Crippen LogP contribution in [0, 0.1) is 13.8 Å². The van der Waals surface area contributed by atoms with E-state index in [0.717, 1.165) is 11.1 Å². The third-order valence-corrected chi connectivity index (χ3v) is 6.12. The van der Waals surface area contributed by atoms with Gasteiger partial charge >= 0.3 is 0 Å². The molecule has 0 bridgehead atoms. The predicted octanol–water partition coefficient (Wildman–Crippen LogP) is 6.37. The topological polar surface area (TPSA) is 17.1 Å². The van der Waals surface area contributed by atoms with Gasteiger partial charge in [0.2, 0.25) is 0 Å². The number of ketones is 1. The van der Waals surface area contributed by atoms with Gasteiger partial charge < -0.3 is 0 Å². The van der Waals surface area contributed by atoms with E-state index < -0.39 is 0 Å². The molecule has 0 unspecified atom stereocenters. The van der Waals surface area contributed by atoms with E-state index in [0.29, 0.717) is 30.1 Å². The number of halogens is 4. The van der Waals surface area contributed by atoms with Crippen molar-refractivity contribution >= 4 is 60.8 Å². The average molecular weight is 437 g/mol. The zero-order chi connectivity index (χ0) is 15.0. The minimum atomic E-state index is -0.132. The molecule has 1 nitrogen and oxygen atoms in total. The van der Waals surface area contributed by atoms with Crippen LogP contribution in [0.1, 0.15) is 27.0 Å². The molecule has 0 aromatic heterocycles. The van der Waals surface area contributed by atoms with Crippen molar-refractivity contribution in [2.45, 2.75) is 13.8 Å². The monoisotopic (exact) mass is 434 g/mol. The summed E-state index contributed by atoms with van der Waals surface area (Å²) >= 11 is 19.1. The van der Waals surface area contributed by atoms with Gasteiger partial charge in [-0.2, -0.15) is 0 Å². The highest BCUT2D eigenvalue weighted by atomic mass is 79.9. The Morgan fingerprint density at radius 3 is 1.55 bits per heavy atom. The molecule has 0 fully saturated rings. The van der Waals surface area contributed by atoms with Crippen LogP contribution in [0.2, 0.25) is 10.0 Å². The van der Waals surface area contributed by atoms with E-state index >= 15 is 0 Å². The molecule has 104 valence electrons. The largest absolute Gasteiger partial charge is 0.289 e. The second-order valence-electron chi connectivity index (χ2n) is 4.45. The van der Waals surface area contributed by atoms with Crippen LogP contribution in [0.4, 0.5) is 0 Å². The third kappa shape index (κ3) is 2.82. The molecule has 0 heterocycles. The normalized spacial score (nSPS) is 10.7. The number of aryl methyl sites for hydroxylation is 2. The van der Waals surface area contributed by atoms with Gasteiger partial charge in [-0.15, -0.1) is 0 Å². The quantitative estimate of drug-likeness (QED) is 0.500. The summed E-state index contributed by atoms with van der Waals surface area (Å²) in [4.78, 5) is 12.6. The minimum absolute atomic E-state index is 0.132. The molecule has 0 aliphatic heterocycles. The summed E-state index contributed by atoms with van der Waals surface area (Å²) < 4.78 is 1.21. The van der Waals surface area contributed by atoms with Crippen molar-refractivity contribution in [1.82, 2.24) is 0 Å². The maximum Gasteiger partial charge on any atom is 0.195 e. The van der Waals surface area contributed by atoms with Gasteiger partial charge in [0.05, 0.1) is 10.0 Å². The van der Waals surface area contributed by atoms with Crippen LogP contribution >= 0.6 is 55.1 Å². The molecule has 0 radical (unpaired) electrons. The number of carbonyl (C=O) groups excluding carboxylic acids is 1. The molecule has 0 spiro atoms. The molecule has 0 N–H and O–H groups in total. The van der Waals surface area contributed by atoms with Crippen molar-refractivity contribution in [3.05, 3.63) is 65.5 Å². The Hall–Kier alpha value is -0.350. The summed E-state index contributed by atoms with van der Waals surface area (Å²) in [6.45, 7) is 3.78. The summed E-state index contributed by atoms with van der Waals surface area (Å²) in [5, 5.41) is 1.09. The summed E-state index contributed by atoms with van der Waals surface area (Å²) in [7, 11) is 0. The van der Waals surface area contributed by atoms with E-state index in [4.69, 9.17) is 23.2 Å². The van der Waals surface area contributed by atoms with Crippen LogP contribution in [-0.2, 0) is 0 Å². The van der Waals surface area contributed by atoms with Crippen LogP contribution in [0.3, 0.4) is 0 Å². The number of rotatable bonds is 2. The lowest BCUT2D eigenvalue weighted by Gasteiger charge is -2.10. The molecule has 0 saturated heterocycles.